The van der Waals surface area contributed by atoms with E-state index in [1.165, 1.54) is 0 Å². The van der Waals surface area contributed by atoms with E-state index >= 15 is 0 Å². The summed E-state index contributed by atoms with van der Waals surface area (Å²) in [5, 5.41) is 0. The summed E-state index contributed by atoms with van der Waals surface area (Å²) in [6.07, 6.45) is 0. The summed E-state index contributed by atoms with van der Waals surface area (Å²) in [6, 6.07) is 0. The van der Waals surface area contributed by atoms with Gasteiger partial charge in [0.25, 0.3) is 0 Å². The second-order valence-corrected chi connectivity index (χ2v) is 0.289. The topological polar surface area (TPSA) is 26.0 Å². The summed E-state index contributed by atoms with van der Waals surface area (Å²) in [5.41, 5.74) is 4.74. The van der Waals surface area contributed by atoms with Crippen molar-refractivity contribution in [3.05, 3.63) is 6.92 Å². The fourth-order valence-electron chi connectivity index (χ4n) is 0. The van der Waals surface area contributed by atoms with Gasteiger partial charge in [-0.1, -0.05) is 0 Å². The van der Waals surface area contributed by atoms with Gasteiger partial charge < -0.3 is 12.7 Å². The third-order valence-corrected chi connectivity index (χ3v) is 0. The summed E-state index contributed by atoms with van der Waals surface area (Å²) < 4.78 is 0. The van der Waals surface area contributed by atoms with Crippen molar-refractivity contribution >= 4 is 0 Å². The maximum atomic E-state index is 4.74. The first kappa shape index (κ1) is 8.82. The van der Waals surface area contributed by atoms with Crippen molar-refractivity contribution in [3.63, 3.8) is 0 Å². The molecule has 0 atom stereocenters. The van der Waals surface area contributed by atoms with E-state index < -0.39 is 0 Å². The van der Waals surface area contributed by atoms with Crippen molar-refractivity contribution in [1.29, 1.82) is 0 Å². The molecule has 0 radical (unpaired) electrons. The van der Waals surface area contributed by atoms with E-state index in [0.717, 1.165) is 0 Å². The van der Waals surface area contributed by atoms with Crippen LogP contribution in [0.25, 0.3) is 0 Å². The summed E-state index contributed by atoms with van der Waals surface area (Å²) in [6.45, 7) is 3.76. The van der Waals surface area contributed by atoms with Crippen LogP contribution in [0.5, 0.6) is 0 Å². The van der Waals surface area contributed by atoms with E-state index in [1.807, 2.05) is 0 Å². The molecule has 0 spiro atoms. The van der Waals surface area contributed by atoms with Crippen LogP contribution in [-0.4, -0.2) is 6.54 Å². The second kappa shape index (κ2) is 9.42. The molecule has 0 amide bonds. The molecule has 0 aliphatic heterocycles. The van der Waals surface area contributed by atoms with Crippen molar-refractivity contribution in [2.75, 3.05) is 6.54 Å². The van der Waals surface area contributed by atoms with Crippen molar-refractivity contribution in [3.8, 4) is 0 Å². The van der Waals surface area contributed by atoms with E-state index in [-0.39, 0.29) is 21.1 Å². The Labute approximate surface area is 40.8 Å². The van der Waals surface area contributed by atoms with Gasteiger partial charge in [-0.15, -0.1) is 6.54 Å². The number of rotatable bonds is 0. The second-order valence-electron chi connectivity index (χ2n) is 0.289. The molecule has 0 aromatic rings. The molecule has 0 rings (SSSR count). The minimum atomic E-state index is 0. The molecule has 0 aliphatic carbocycles. The standard InChI is InChI=1S/C2H6N.Mo/c1-2-3;/h1-3H2;/q-1;. The molecule has 2 N–H and O–H groups in total. The molecule has 0 heterocycles. The van der Waals surface area contributed by atoms with Crippen LogP contribution in [0.1, 0.15) is 0 Å². The molecule has 2 heteroatoms. The summed E-state index contributed by atoms with van der Waals surface area (Å²) in [5.74, 6) is 0. The maximum absolute atomic E-state index is 4.74. The Morgan fingerprint density at radius 2 is 1.75 bits per heavy atom. The Balaban J connectivity index is 0. The van der Waals surface area contributed by atoms with Gasteiger partial charge in [-0.2, -0.15) is 0 Å². The molecule has 0 bridgehead atoms. The van der Waals surface area contributed by atoms with E-state index in [4.69, 9.17) is 5.73 Å². The predicted octanol–water partition coefficient (Wildman–Crippen LogP) is -0.223. The van der Waals surface area contributed by atoms with E-state index in [1.54, 1.807) is 0 Å². The Morgan fingerprint density at radius 3 is 1.75 bits per heavy atom. The molecule has 26 valence electrons. The molecule has 0 aromatic carbocycles. The summed E-state index contributed by atoms with van der Waals surface area (Å²) in [7, 11) is 0. The van der Waals surface area contributed by atoms with Crippen LogP contribution < -0.4 is 5.73 Å². The van der Waals surface area contributed by atoms with Crippen LogP contribution in [0.4, 0.5) is 0 Å². The normalized spacial score (nSPS) is 4.50. The van der Waals surface area contributed by atoms with Crippen LogP contribution in [-0.2, 0) is 21.1 Å². The zero-order chi connectivity index (χ0) is 2.71. The molecule has 4 heavy (non-hydrogen) atoms. The first-order valence-corrected chi connectivity index (χ1v) is 0.908. The third-order valence-electron chi connectivity index (χ3n) is 0. The van der Waals surface area contributed by atoms with Gasteiger partial charge in [0.1, 0.15) is 0 Å². The van der Waals surface area contributed by atoms with Crippen molar-refractivity contribution < 1.29 is 21.1 Å². The molecule has 0 unspecified atom stereocenters. The van der Waals surface area contributed by atoms with Crippen molar-refractivity contribution in [2.45, 2.75) is 0 Å². The molecule has 0 fully saturated rings. The number of nitrogens with two attached hydrogens (primary N) is 1. The van der Waals surface area contributed by atoms with Gasteiger partial charge in [-0.05, 0) is 0 Å². The van der Waals surface area contributed by atoms with Gasteiger partial charge in [-0.25, -0.2) is 0 Å². The molecular weight excluding hydrogens is 134 g/mol. The molecule has 0 saturated carbocycles. The smallest absolute Gasteiger partial charge is 0 e. The molecule has 0 aromatic heterocycles. The van der Waals surface area contributed by atoms with Gasteiger partial charge in [-0.3, -0.25) is 0 Å². The van der Waals surface area contributed by atoms with E-state index in [9.17, 15) is 0 Å². The van der Waals surface area contributed by atoms with Crippen LogP contribution in [0.2, 0.25) is 0 Å². The fourth-order valence-corrected chi connectivity index (χ4v) is 0. The van der Waals surface area contributed by atoms with Crippen molar-refractivity contribution in [2.24, 2.45) is 5.73 Å². The average molecular weight is 140 g/mol. The number of hydrogen-bond donors (Lipinski definition) is 1. The zero-order valence-electron chi connectivity index (χ0n) is 2.40. The third kappa shape index (κ3) is 17.1. The number of hydrogen-bond acceptors (Lipinski definition) is 1. The Kier molecular flexibility index (Phi) is 20.8. The minimum Gasteiger partial charge on any atom is -0.360 e. The monoisotopic (exact) mass is 142 g/mol. The van der Waals surface area contributed by atoms with Crippen molar-refractivity contribution in [1.82, 2.24) is 0 Å². The fraction of sp³-hybridized carbons (Fsp3) is 0.500. The molecular formula is C2H6MoN-. The van der Waals surface area contributed by atoms with Gasteiger partial charge in [0.15, 0.2) is 0 Å². The van der Waals surface area contributed by atoms with Crippen LogP contribution in [0, 0.1) is 6.92 Å². The van der Waals surface area contributed by atoms with E-state index in [2.05, 4.69) is 6.92 Å². The van der Waals surface area contributed by atoms with Gasteiger partial charge in [0, 0.05) is 21.1 Å². The summed E-state index contributed by atoms with van der Waals surface area (Å²) in [4.78, 5) is 0. The average Bonchev–Trinajstić information content (AvgIpc) is 0.918. The van der Waals surface area contributed by atoms with Gasteiger partial charge in [0.05, 0.1) is 0 Å². The van der Waals surface area contributed by atoms with Crippen LogP contribution >= 0.6 is 0 Å². The van der Waals surface area contributed by atoms with Crippen LogP contribution in [0.15, 0.2) is 0 Å². The minimum absolute atomic E-state index is 0. The quantitative estimate of drug-likeness (QED) is 0.365. The predicted molar refractivity (Wildman–Crippen MR) is 14.4 cm³/mol. The zero-order valence-corrected chi connectivity index (χ0v) is 4.41. The first-order chi connectivity index (χ1) is 1.41. The van der Waals surface area contributed by atoms with Crippen LogP contribution in [0.3, 0.4) is 0 Å². The Bertz CT molecular complexity index is 6.00. The Morgan fingerprint density at radius 1 is 1.75 bits per heavy atom. The largest absolute Gasteiger partial charge is 0.360 e. The first-order valence-electron chi connectivity index (χ1n) is 0.908. The van der Waals surface area contributed by atoms with Gasteiger partial charge >= 0.3 is 0 Å². The maximum Gasteiger partial charge on any atom is 0 e. The molecule has 0 saturated heterocycles. The summed E-state index contributed by atoms with van der Waals surface area (Å²) >= 11 is 0. The molecule has 1 nitrogen and oxygen atoms in total. The Hall–Kier alpha value is 0.648. The van der Waals surface area contributed by atoms with Gasteiger partial charge in [0.2, 0.25) is 0 Å². The SMILES string of the molecule is [CH2-]CN.[Mo]. The van der Waals surface area contributed by atoms with E-state index in [0.29, 0.717) is 6.54 Å². The molecule has 0 aliphatic rings.